The minimum Gasteiger partial charge on any atom is -0.212 e. The van der Waals surface area contributed by atoms with Gasteiger partial charge in [0.1, 0.15) is 5.15 Å². The molecule has 0 bridgehead atoms. The summed E-state index contributed by atoms with van der Waals surface area (Å²) in [6, 6.07) is 0. The van der Waals surface area contributed by atoms with Crippen LogP contribution in [0.5, 0.6) is 0 Å². The normalized spacial score (nSPS) is 10.5. The number of thiazole rings is 1. The molecule has 0 aliphatic carbocycles. The van der Waals surface area contributed by atoms with Gasteiger partial charge in [-0.05, 0) is 15.9 Å². The average molecular weight is 265 g/mol. The zero-order valence-corrected chi connectivity index (χ0v) is 8.90. The molecule has 0 fully saturated rings. The first kappa shape index (κ1) is 8.22. The quantitative estimate of drug-likeness (QED) is 0.793. The lowest BCUT2D eigenvalue weighted by atomic mass is 10.7. The highest BCUT2D eigenvalue weighted by Crippen LogP contribution is 2.19. The van der Waals surface area contributed by atoms with Crippen LogP contribution in [0.4, 0.5) is 0 Å². The largest absolute Gasteiger partial charge is 0.212 e. The Hall–Kier alpha value is -0.390. The Bertz CT molecular complexity index is 359. The van der Waals surface area contributed by atoms with Gasteiger partial charge >= 0.3 is 0 Å². The van der Waals surface area contributed by atoms with Gasteiger partial charge in [0.05, 0.1) is 10.7 Å². The van der Waals surface area contributed by atoms with E-state index in [-0.39, 0.29) is 0 Å². The second-order valence-electron chi connectivity index (χ2n) is 2.06. The Morgan fingerprint density at radius 3 is 2.92 bits per heavy atom. The van der Waals surface area contributed by atoms with Gasteiger partial charge in [0.15, 0.2) is 0 Å². The molecule has 12 heavy (non-hydrogen) atoms. The van der Waals surface area contributed by atoms with Gasteiger partial charge in [-0.3, -0.25) is 0 Å². The highest BCUT2D eigenvalue weighted by molar-refractivity contribution is 9.10. The molecule has 0 unspecified atom stereocenters. The Balaban J connectivity index is 2.43. The Labute approximate surface area is 86.1 Å². The molecular formula is C6H3BrClN3S. The van der Waals surface area contributed by atoms with E-state index in [1.54, 1.807) is 16.3 Å². The minimum atomic E-state index is 0.502. The Morgan fingerprint density at radius 1 is 1.58 bits per heavy atom. The number of nitrogens with zero attached hydrogens (tertiary/aromatic N) is 3. The van der Waals surface area contributed by atoms with Gasteiger partial charge < -0.3 is 0 Å². The number of rotatable bonds is 1. The van der Waals surface area contributed by atoms with Crippen molar-refractivity contribution in [2.45, 2.75) is 0 Å². The Morgan fingerprint density at radius 2 is 2.42 bits per heavy atom. The lowest BCUT2D eigenvalue weighted by molar-refractivity contribution is 0.869. The zero-order valence-electron chi connectivity index (χ0n) is 5.74. The molecule has 2 rings (SSSR count). The highest BCUT2D eigenvalue weighted by atomic mass is 79.9. The first-order valence-electron chi connectivity index (χ1n) is 3.07. The molecule has 0 N–H and O–H groups in total. The van der Waals surface area contributed by atoms with Crippen molar-refractivity contribution >= 4 is 38.9 Å². The van der Waals surface area contributed by atoms with Crippen LogP contribution < -0.4 is 0 Å². The summed E-state index contributed by atoms with van der Waals surface area (Å²) in [5, 5.41) is 7.10. The van der Waals surface area contributed by atoms with E-state index in [1.807, 2.05) is 6.20 Å². The molecule has 62 valence electrons. The monoisotopic (exact) mass is 263 g/mol. The average Bonchev–Trinajstić information content (AvgIpc) is 2.58. The maximum Gasteiger partial charge on any atom is 0.211 e. The third-order valence-corrected chi connectivity index (χ3v) is 2.77. The van der Waals surface area contributed by atoms with E-state index >= 15 is 0 Å². The van der Waals surface area contributed by atoms with E-state index in [0.717, 1.165) is 9.60 Å². The van der Waals surface area contributed by atoms with Gasteiger partial charge in [-0.25, -0.2) is 9.67 Å². The van der Waals surface area contributed by atoms with Crippen molar-refractivity contribution in [1.29, 1.82) is 0 Å². The molecule has 0 spiro atoms. The van der Waals surface area contributed by atoms with Crippen molar-refractivity contribution in [3.8, 4) is 5.13 Å². The summed E-state index contributed by atoms with van der Waals surface area (Å²) in [6.45, 7) is 0. The molecule has 6 heteroatoms. The van der Waals surface area contributed by atoms with E-state index in [1.165, 1.54) is 11.3 Å². The van der Waals surface area contributed by atoms with Crippen molar-refractivity contribution in [2.75, 3.05) is 0 Å². The molecule has 0 radical (unpaired) electrons. The number of aromatic nitrogens is 3. The van der Waals surface area contributed by atoms with Crippen molar-refractivity contribution in [3.63, 3.8) is 0 Å². The molecule has 0 amide bonds. The van der Waals surface area contributed by atoms with Gasteiger partial charge in [-0.2, -0.15) is 5.10 Å². The lowest BCUT2D eigenvalue weighted by Crippen LogP contribution is -1.91. The van der Waals surface area contributed by atoms with Crippen molar-refractivity contribution in [1.82, 2.24) is 14.8 Å². The van der Waals surface area contributed by atoms with E-state index < -0.39 is 0 Å². The van der Waals surface area contributed by atoms with Crippen LogP contribution in [-0.4, -0.2) is 14.8 Å². The summed E-state index contributed by atoms with van der Waals surface area (Å²) in [5.41, 5.74) is 0. The first-order valence-corrected chi connectivity index (χ1v) is 5.12. The van der Waals surface area contributed by atoms with Crippen LogP contribution in [0.1, 0.15) is 0 Å². The van der Waals surface area contributed by atoms with Crippen molar-refractivity contribution in [3.05, 3.63) is 27.4 Å². The predicted octanol–water partition coefficient (Wildman–Crippen LogP) is 2.74. The van der Waals surface area contributed by atoms with E-state index in [9.17, 15) is 0 Å². The third-order valence-electron chi connectivity index (χ3n) is 1.21. The Kier molecular flexibility index (Phi) is 2.16. The van der Waals surface area contributed by atoms with Gasteiger partial charge in [-0.1, -0.05) is 11.6 Å². The number of hydrogen-bond donors (Lipinski definition) is 0. The van der Waals surface area contributed by atoms with Crippen molar-refractivity contribution < 1.29 is 0 Å². The van der Waals surface area contributed by atoms with Crippen LogP contribution in [0.2, 0.25) is 5.15 Å². The van der Waals surface area contributed by atoms with Crippen LogP contribution >= 0.6 is 38.9 Å². The summed E-state index contributed by atoms with van der Waals surface area (Å²) >= 11 is 10.4. The fourth-order valence-electron chi connectivity index (χ4n) is 0.756. The number of hydrogen-bond acceptors (Lipinski definition) is 3. The van der Waals surface area contributed by atoms with Gasteiger partial charge in [-0.15, -0.1) is 11.3 Å². The fourth-order valence-corrected chi connectivity index (χ4v) is 1.92. The summed E-state index contributed by atoms with van der Waals surface area (Å²) in [6.07, 6.45) is 3.53. The summed E-state index contributed by atoms with van der Waals surface area (Å²) < 4.78 is 2.59. The maximum atomic E-state index is 5.66. The van der Waals surface area contributed by atoms with Gasteiger partial charge in [0.2, 0.25) is 5.13 Å². The van der Waals surface area contributed by atoms with Crippen LogP contribution in [0.3, 0.4) is 0 Å². The predicted molar refractivity (Wildman–Crippen MR) is 51.9 cm³/mol. The van der Waals surface area contributed by atoms with E-state index in [2.05, 4.69) is 26.0 Å². The van der Waals surface area contributed by atoms with Gasteiger partial charge in [0, 0.05) is 11.6 Å². The van der Waals surface area contributed by atoms with E-state index in [4.69, 9.17) is 11.6 Å². The van der Waals surface area contributed by atoms with Gasteiger partial charge in [0.25, 0.3) is 0 Å². The lowest BCUT2D eigenvalue weighted by Gasteiger charge is -1.90. The van der Waals surface area contributed by atoms with Crippen molar-refractivity contribution in [2.24, 2.45) is 0 Å². The topological polar surface area (TPSA) is 30.7 Å². The molecule has 2 heterocycles. The smallest absolute Gasteiger partial charge is 0.211 e. The molecule has 0 aromatic carbocycles. The molecular weight excluding hydrogens is 262 g/mol. The first-order chi connectivity index (χ1) is 5.75. The molecule has 0 saturated carbocycles. The van der Waals surface area contributed by atoms with E-state index in [0.29, 0.717) is 5.15 Å². The molecule has 3 nitrogen and oxygen atoms in total. The molecule has 0 aliphatic heterocycles. The van der Waals surface area contributed by atoms with Crippen LogP contribution in [0.15, 0.2) is 22.2 Å². The SMILES string of the molecule is Clc1csc(-n2cc(Br)cn2)n1. The standard InChI is InChI=1S/C6H3BrClN3S/c7-4-1-9-11(2-4)6-10-5(8)3-12-6/h1-3H. The summed E-state index contributed by atoms with van der Waals surface area (Å²) in [5.74, 6) is 0. The maximum absolute atomic E-state index is 5.66. The second kappa shape index (κ2) is 3.16. The summed E-state index contributed by atoms with van der Waals surface area (Å²) in [4.78, 5) is 4.06. The minimum absolute atomic E-state index is 0.502. The molecule has 2 aromatic rings. The molecule has 0 atom stereocenters. The zero-order chi connectivity index (χ0) is 8.55. The van der Waals surface area contributed by atoms with Crippen LogP contribution in [0, 0.1) is 0 Å². The van der Waals surface area contributed by atoms with Crippen LogP contribution in [-0.2, 0) is 0 Å². The second-order valence-corrected chi connectivity index (χ2v) is 4.20. The third kappa shape index (κ3) is 1.53. The molecule has 2 aromatic heterocycles. The fraction of sp³-hybridized carbons (Fsp3) is 0. The summed E-state index contributed by atoms with van der Waals surface area (Å²) in [7, 11) is 0. The molecule has 0 saturated heterocycles. The molecule has 0 aliphatic rings. The van der Waals surface area contributed by atoms with Crippen LogP contribution in [0.25, 0.3) is 5.13 Å². The number of halogens is 2. The highest BCUT2D eigenvalue weighted by Gasteiger charge is 2.02.